The zero-order chi connectivity index (χ0) is 19.5. The van der Waals surface area contributed by atoms with E-state index in [0.717, 1.165) is 24.6 Å². The van der Waals surface area contributed by atoms with Gasteiger partial charge in [0, 0.05) is 39.1 Å². The van der Waals surface area contributed by atoms with Crippen LogP contribution in [0.4, 0.5) is 0 Å². The Morgan fingerprint density at radius 2 is 2.00 bits per heavy atom. The number of benzene rings is 1. The van der Waals surface area contributed by atoms with Crippen LogP contribution in [0, 0.1) is 0 Å². The van der Waals surface area contributed by atoms with Crippen LogP contribution in [0.3, 0.4) is 0 Å². The van der Waals surface area contributed by atoms with Crippen molar-refractivity contribution >= 4 is 39.8 Å². The van der Waals surface area contributed by atoms with Gasteiger partial charge in [-0.05, 0) is 44.0 Å². The highest BCUT2D eigenvalue weighted by Crippen LogP contribution is 2.23. The lowest BCUT2D eigenvalue weighted by atomic mass is 10.1. The molecule has 1 aliphatic heterocycles. The van der Waals surface area contributed by atoms with Gasteiger partial charge in [0.15, 0.2) is 15.8 Å². The number of guanidine groups is 1. The summed E-state index contributed by atoms with van der Waals surface area (Å²) in [5.74, 6) is 0.918. The van der Waals surface area contributed by atoms with Crippen molar-refractivity contribution in [2.75, 3.05) is 32.4 Å². The van der Waals surface area contributed by atoms with Crippen LogP contribution in [0.1, 0.15) is 19.4 Å². The summed E-state index contributed by atoms with van der Waals surface area (Å²) in [6.45, 7) is 5.22. The van der Waals surface area contributed by atoms with Gasteiger partial charge in [-0.25, -0.2) is 13.1 Å². The minimum atomic E-state index is -3.05. The van der Waals surface area contributed by atoms with Crippen LogP contribution in [0.15, 0.2) is 47.7 Å². The molecule has 28 heavy (non-hydrogen) atoms. The summed E-state index contributed by atoms with van der Waals surface area (Å²) >= 11 is 0. The molecule has 7 nitrogen and oxygen atoms in total. The molecule has 3 rings (SSSR count). The Bertz CT molecular complexity index is 893. The summed E-state index contributed by atoms with van der Waals surface area (Å²) < 4.78 is 25.4. The lowest BCUT2D eigenvalue weighted by Crippen LogP contribution is -2.57. The number of aromatic nitrogens is 2. The SMILES string of the molecule is CN=C(NCCc1ccc(-n2cccn2)cc1)N1CCS(=O)(=O)C(C)(C)C1.I. The maximum atomic E-state index is 12.2. The highest BCUT2D eigenvalue weighted by Gasteiger charge is 2.40. The number of hydrogen-bond acceptors (Lipinski definition) is 4. The summed E-state index contributed by atoms with van der Waals surface area (Å²) in [7, 11) is -1.32. The van der Waals surface area contributed by atoms with Crippen LogP contribution in [0.25, 0.3) is 5.69 Å². The van der Waals surface area contributed by atoms with Gasteiger partial charge in [-0.3, -0.25) is 4.99 Å². The molecule has 154 valence electrons. The van der Waals surface area contributed by atoms with Crippen LogP contribution in [-0.2, 0) is 16.3 Å². The van der Waals surface area contributed by atoms with Crippen molar-refractivity contribution in [1.82, 2.24) is 20.0 Å². The number of rotatable bonds is 4. The van der Waals surface area contributed by atoms with Crippen LogP contribution in [0.2, 0.25) is 0 Å². The topological polar surface area (TPSA) is 79.6 Å². The summed E-state index contributed by atoms with van der Waals surface area (Å²) in [6.07, 6.45) is 4.53. The molecular formula is C19H28IN5O2S. The lowest BCUT2D eigenvalue weighted by Gasteiger charge is -2.39. The summed E-state index contributed by atoms with van der Waals surface area (Å²) in [5, 5.41) is 7.58. The fourth-order valence-corrected chi connectivity index (χ4v) is 4.58. The number of aliphatic imine (C=N–C) groups is 1. The third-order valence-corrected chi connectivity index (χ3v) is 7.49. The van der Waals surface area contributed by atoms with E-state index in [1.165, 1.54) is 5.56 Å². The van der Waals surface area contributed by atoms with Gasteiger partial charge in [0.25, 0.3) is 0 Å². The van der Waals surface area contributed by atoms with E-state index in [9.17, 15) is 8.42 Å². The molecule has 0 aliphatic carbocycles. The predicted octanol–water partition coefficient (Wildman–Crippen LogP) is 2.12. The fraction of sp³-hybridized carbons (Fsp3) is 0.474. The van der Waals surface area contributed by atoms with Gasteiger partial charge in [0.05, 0.1) is 16.2 Å². The van der Waals surface area contributed by atoms with Crippen LogP contribution in [0.5, 0.6) is 0 Å². The molecule has 0 atom stereocenters. The predicted molar refractivity (Wildman–Crippen MR) is 123 cm³/mol. The Labute approximate surface area is 184 Å². The second kappa shape index (κ2) is 9.25. The van der Waals surface area contributed by atoms with Crippen molar-refractivity contribution in [3.63, 3.8) is 0 Å². The fourth-order valence-electron chi connectivity index (χ4n) is 3.21. The third-order valence-electron chi connectivity index (χ3n) is 4.96. The van der Waals surface area contributed by atoms with E-state index in [1.54, 1.807) is 27.1 Å². The molecule has 2 aromatic rings. The van der Waals surface area contributed by atoms with E-state index >= 15 is 0 Å². The standard InChI is InChI=1S/C19H27N5O2S.HI/c1-19(2)15-23(13-14-27(19,25)26)18(20-3)21-11-9-16-5-7-17(8-6-16)24-12-4-10-22-24;/h4-8,10,12H,9,11,13-15H2,1-3H3,(H,20,21);1H. The molecule has 0 bridgehead atoms. The first-order chi connectivity index (χ1) is 12.8. The quantitative estimate of drug-likeness (QED) is 0.382. The summed E-state index contributed by atoms with van der Waals surface area (Å²) in [6, 6.07) is 10.2. The third kappa shape index (κ3) is 5.05. The van der Waals surface area contributed by atoms with Crippen LogP contribution in [-0.4, -0.2) is 66.2 Å². The Hall–Kier alpha value is -1.62. The minimum Gasteiger partial charge on any atom is -0.356 e. The van der Waals surface area contributed by atoms with Crippen LogP contribution >= 0.6 is 24.0 Å². The maximum Gasteiger partial charge on any atom is 0.193 e. The van der Waals surface area contributed by atoms with Gasteiger partial charge in [0.1, 0.15) is 0 Å². The van der Waals surface area contributed by atoms with Crippen molar-refractivity contribution < 1.29 is 8.42 Å². The highest BCUT2D eigenvalue weighted by atomic mass is 127. The molecular weight excluding hydrogens is 489 g/mol. The minimum absolute atomic E-state index is 0. The van der Waals surface area contributed by atoms with Gasteiger partial charge >= 0.3 is 0 Å². The molecule has 1 fully saturated rings. The second-order valence-corrected chi connectivity index (χ2v) is 10.1. The van der Waals surface area contributed by atoms with E-state index in [0.29, 0.717) is 13.1 Å². The average Bonchev–Trinajstić information content (AvgIpc) is 3.16. The molecule has 0 amide bonds. The molecule has 1 aliphatic rings. The van der Waals surface area contributed by atoms with Gasteiger partial charge in [0.2, 0.25) is 0 Å². The Balaban J connectivity index is 0.00000280. The van der Waals surface area contributed by atoms with E-state index < -0.39 is 14.6 Å². The Morgan fingerprint density at radius 1 is 1.29 bits per heavy atom. The lowest BCUT2D eigenvalue weighted by molar-refractivity contribution is 0.353. The van der Waals surface area contributed by atoms with Crippen molar-refractivity contribution in [1.29, 1.82) is 0 Å². The van der Waals surface area contributed by atoms with Gasteiger partial charge in [-0.1, -0.05) is 12.1 Å². The zero-order valence-corrected chi connectivity index (χ0v) is 19.6. The molecule has 0 saturated carbocycles. The molecule has 1 saturated heterocycles. The normalized spacial score (nSPS) is 18.4. The first kappa shape index (κ1) is 22.7. The second-order valence-electron chi connectivity index (χ2n) is 7.34. The van der Waals surface area contributed by atoms with E-state index in [4.69, 9.17) is 0 Å². The smallest absolute Gasteiger partial charge is 0.193 e. The molecule has 0 radical (unpaired) electrons. The maximum absolute atomic E-state index is 12.2. The zero-order valence-electron chi connectivity index (χ0n) is 16.5. The summed E-state index contributed by atoms with van der Waals surface area (Å²) in [5.41, 5.74) is 2.25. The van der Waals surface area contributed by atoms with Crippen molar-refractivity contribution in [2.45, 2.75) is 25.0 Å². The molecule has 0 unspecified atom stereocenters. The Morgan fingerprint density at radius 3 is 2.57 bits per heavy atom. The van der Waals surface area contributed by atoms with Crippen molar-refractivity contribution in [3.8, 4) is 5.69 Å². The number of nitrogens with one attached hydrogen (secondary N) is 1. The van der Waals surface area contributed by atoms with Gasteiger partial charge < -0.3 is 10.2 Å². The monoisotopic (exact) mass is 517 g/mol. The van der Waals surface area contributed by atoms with Crippen molar-refractivity contribution in [2.24, 2.45) is 4.99 Å². The van der Waals surface area contributed by atoms with E-state index in [1.807, 2.05) is 21.8 Å². The molecule has 1 aromatic heterocycles. The number of hydrogen-bond donors (Lipinski definition) is 1. The first-order valence-corrected chi connectivity index (χ1v) is 10.7. The molecule has 0 spiro atoms. The molecule has 1 N–H and O–H groups in total. The van der Waals surface area contributed by atoms with Gasteiger partial charge in [-0.15, -0.1) is 24.0 Å². The summed E-state index contributed by atoms with van der Waals surface area (Å²) in [4.78, 5) is 6.36. The first-order valence-electron chi connectivity index (χ1n) is 9.09. The highest BCUT2D eigenvalue weighted by molar-refractivity contribution is 14.0. The van der Waals surface area contributed by atoms with E-state index in [-0.39, 0.29) is 29.7 Å². The largest absolute Gasteiger partial charge is 0.356 e. The molecule has 2 heterocycles. The average molecular weight is 517 g/mol. The molecule has 1 aromatic carbocycles. The van der Waals surface area contributed by atoms with Gasteiger partial charge in [-0.2, -0.15) is 5.10 Å². The van der Waals surface area contributed by atoms with E-state index in [2.05, 4.69) is 39.7 Å². The van der Waals surface area contributed by atoms with Crippen LogP contribution < -0.4 is 5.32 Å². The number of halogens is 1. The number of nitrogens with zero attached hydrogens (tertiary/aromatic N) is 4. The van der Waals surface area contributed by atoms with Crippen molar-refractivity contribution in [3.05, 3.63) is 48.3 Å². The molecule has 9 heteroatoms. The Kier molecular flexibility index (Phi) is 7.49. The number of sulfone groups is 1.